The number of carbonyl (C=O) groups excluding carboxylic acids is 1. The van der Waals surface area contributed by atoms with Crippen molar-refractivity contribution in [1.29, 1.82) is 0 Å². The van der Waals surface area contributed by atoms with E-state index in [1.165, 1.54) is 25.7 Å². The molecule has 0 heterocycles. The van der Waals surface area contributed by atoms with Gasteiger partial charge in [0.2, 0.25) is 5.91 Å². The van der Waals surface area contributed by atoms with E-state index >= 15 is 0 Å². The molecule has 1 aliphatic rings. The van der Waals surface area contributed by atoms with Gasteiger partial charge in [0.15, 0.2) is 0 Å². The number of terminal acetylenes is 1. The molecule has 1 rings (SSSR count). The maximum absolute atomic E-state index is 11.9. The Kier molecular flexibility index (Phi) is 5.25. The quantitative estimate of drug-likeness (QED) is 0.634. The standard InChI is InChI=1S/C13H21NO/c1-3-9-14(10-4-2)13(15)11-12-7-5-6-8-12/h1,12H,4-11H2,2H3. The number of amides is 1. The van der Waals surface area contributed by atoms with Crippen molar-refractivity contribution < 1.29 is 4.79 Å². The van der Waals surface area contributed by atoms with E-state index in [4.69, 9.17) is 6.42 Å². The number of hydrogen-bond acceptors (Lipinski definition) is 1. The Balaban J connectivity index is 2.37. The predicted molar refractivity (Wildman–Crippen MR) is 62.3 cm³/mol. The first-order chi connectivity index (χ1) is 7.27. The molecule has 0 aromatic carbocycles. The van der Waals surface area contributed by atoms with E-state index in [2.05, 4.69) is 12.8 Å². The van der Waals surface area contributed by atoms with Crippen LogP contribution in [0.4, 0.5) is 0 Å². The molecule has 0 unspecified atom stereocenters. The Labute approximate surface area is 93.0 Å². The molecule has 0 aliphatic heterocycles. The summed E-state index contributed by atoms with van der Waals surface area (Å²) in [5.74, 6) is 3.44. The lowest BCUT2D eigenvalue weighted by atomic mass is 10.0. The number of rotatable bonds is 5. The molecule has 0 spiro atoms. The van der Waals surface area contributed by atoms with E-state index < -0.39 is 0 Å². The summed E-state index contributed by atoms with van der Waals surface area (Å²) in [6, 6.07) is 0. The van der Waals surface area contributed by atoms with Gasteiger partial charge in [0.25, 0.3) is 0 Å². The second-order valence-electron chi connectivity index (χ2n) is 4.37. The highest BCUT2D eigenvalue weighted by Gasteiger charge is 2.21. The minimum Gasteiger partial charge on any atom is -0.332 e. The van der Waals surface area contributed by atoms with Crippen LogP contribution >= 0.6 is 0 Å². The average Bonchev–Trinajstić information content (AvgIpc) is 2.70. The van der Waals surface area contributed by atoms with Crippen molar-refractivity contribution in [3.05, 3.63) is 0 Å². The monoisotopic (exact) mass is 207 g/mol. The van der Waals surface area contributed by atoms with Crippen molar-refractivity contribution in [3.8, 4) is 12.3 Å². The highest BCUT2D eigenvalue weighted by Crippen LogP contribution is 2.27. The fraction of sp³-hybridized carbons (Fsp3) is 0.769. The molecule has 1 saturated carbocycles. The molecule has 0 saturated heterocycles. The molecule has 0 N–H and O–H groups in total. The van der Waals surface area contributed by atoms with Crippen LogP contribution in [0.2, 0.25) is 0 Å². The van der Waals surface area contributed by atoms with Crippen LogP contribution in [0.3, 0.4) is 0 Å². The Morgan fingerprint density at radius 2 is 2.13 bits per heavy atom. The van der Waals surface area contributed by atoms with Crippen LogP contribution in [0.5, 0.6) is 0 Å². The van der Waals surface area contributed by atoms with Gasteiger partial charge in [-0.1, -0.05) is 25.7 Å². The molecule has 15 heavy (non-hydrogen) atoms. The lowest BCUT2D eigenvalue weighted by Crippen LogP contribution is -2.33. The summed E-state index contributed by atoms with van der Waals surface area (Å²) in [7, 11) is 0. The van der Waals surface area contributed by atoms with Gasteiger partial charge in [0.1, 0.15) is 0 Å². The topological polar surface area (TPSA) is 20.3 Å². The van der Waals surface area contributed by atoms with E-state index in [1.807, 2.05) is 4.90 Å². The number of nitrogens with zero attached hydrogens (tertiary/aromatic N) is 1. The van der Waals surface area contributed by atoms with Crippen molar-refractivity contribution in [2.45, 2.75) is 45.4 Å². The molecule has 1 aliphatic carbocycles. The van der Waals surface area contributed by atoms with Crippen molar-refractivity contribution in [3.63, 3.8) is 0 Å². The van der Waals surface area contributed by atoms with Crippen LogP contribution in [0.1, 0.15) is 45.4 Å². The zero-order valence-electron chi connectivity index (χ0n) is 9.67. The summed E-state index contributed by atoms with van der Waals surface area (Å²) in [6.07, 6.45) is 12.0. The van der Waals surface area contributed by atoms with Crippen LogP contribution in [0.25, 0.3) is 0 Å². The maximum atomic E-state index is 11.9. The summed E-state index contributed by atoms with van der Waals surface area (Å²) in [4.78, 5) is 13.7. The van der Waals surface area contributed by atoms with E-state index in [-0.39, 0.29) is 5.91 Å². The van der Waals surface area contributed by atoms with Gasteiger partial charge in [-0.25, -0.2) is 0 Å². The summed E-state index contributed by atoms with van der Waals surface area (Å²) in [5, 5.41) is 0. The van der Waals surface area contributed by atoms with Gasteiger partial charge in [-0.15, -0.1) is 6.42 Å². The summed E-state index contributed by atoms with van der Waals surface area (Å²) in [6.45, 7) is 3.35. The van der Waals surface area contributed by atoms with Gasteiger partial charge >= 0.3 is 0 Å². The number of hydrogen-bond donors (Lipinski definition) is 0. The van der Waals surface area contributed by atoms with Gasteiger partial charge in [-0.3, -0.25) is 4.79 Å². The highest BCUT2D eigenvalue weighted by molar-refractivity contribution is 5.76. The summed E-state index contributed by atoms with van der Waals surface area (Å²) < 4.78 is 0. The Morgan fingerprint density at radius 1 is 1.47 bits per heavy atom. The molecule has 0 bridgehead atoms. The van der Waals surface area contributed by atoms with Gasteiger partial charge in [0.05, 0.1) is 6.54 Å². The summed E-state index contributed by atoms with van der Waals surface area (Å²) >= 11 is 0. The largest absolute Gasteiger partial charge is 0.332 e. The van der Waals surface area contributed by atoms with E-state index in [0.717, 1.165) is 13.0 Å². The highest BCUT2D eigenvalue weighted by atomic mass is 16.2. The normalized spacial score (nSPS) is 16.3. The average molecular weight is 207 g/mol. The SMILES string of the molecule is C#CCN(CCC)C(=O)CC1CCCC1. The Morgan fingerprint density at radius 3 is 2.67 bits per heavy atom. The van der Waals surface area contributed by atoms with Crippen LogP contribution in [0, 0.1) is 18.3 Å². The molecular formula is C13H21NO. The number of carbonyl (C=O) groups is 1. The molecule has 84 valence electrons. The third-order valence-electron chi connectivity index (χ3n) is 3.07. The Bertz CT molecular complexity index is 235. The first-order valence-electron chi connectivity index (χ1n) is 5.99. The van der Waals surface area contributed by atoms with E-state index in [1.54, 1.807) is 0 Å². The maximum Gasteiger partial charge on any atom is 0.223 e. The van der Waals surface area contributed by atoms with Crippen LogP contribution in [-0.4, -0.2) is 23.9 Å². The molecule has 0 atom stereocenters. The molecule has 1 fully saturated rings. The second kappa shape index (κ2) is 6.50. The van der Waals surface area contributed by atoms with E-state index in [9.17, 15) is 4.79 Å². The van der Waals surface area contributed by atoms with Gasteiger partial charge in [0, 0.05) is 13.0 Å². The van der Waals surface area contributed by atoms with Gasteiger partial charge in [-0.2, -0.15) is 0 Å². The molecular weight excluding hydrogens is 186 g/mol. The van der Waals surface area contributed by atoms with Crippen molar-refractivity contribution in [1.82, 2.24) is 4.90 Å². The van der Waals surface area contributed by atoms with Gasteiger partial charge < -0.3 is 4.90 Å². The fourth-order valence-corrected chi connectivity index (χ4v) is 2.26. The molecule has 0 radical (unpaired) electrons. The molecule has 2 heteroatoms. The zero-order chi connectivity index (χ0) is 11.1. The molecule has 0 aromatic heterocycles. The van der Waals surface area contributed by atoms with Crippen LogP contribution in [-0.2, 0) is 4.79 Å². The summed E-state index contributed by atoms with van der Waals surface area (Å²) in [5.41, 5.74) is 0. The van der Waals surface area contributed by atoms with Crippen LogP contribution < -0.4 is 0 Å². The molecule has 0 aromatic rings. The first kappa shape index (κ1) is 12.1. The second-order valence-corrected chi connectivity index (χ2v) is 4.37. The van der Waals surface area contributed by atoms with Crippen molar-refractivity contribution in [2.24, 2.45) is 5.92 Å². The Hall–Kier alpha value is -0.970. The molecule has 1 amide bonds. The predicted octanol–water partition coefficient (Wildman–Crippen LogP) is 2.44. The van der Waals surface area contributed by atoms with E-state index in [0.29, 0.717) is 18.9 Å². The smallest absolute Gasteiger partial charge is 0.223 e. The van der Waals surface area contributed by atoms with Gasteiger partial charge in [-0.05, 0) is 25.2 Å². The van der Waals surface area contributed by atoms with Crippen molar-refractivity contribution in [2.75, 3.05) is 13.1 Å². The lowest BCUT2D eigenvalue weighted by molar-refractivity contribution is -0.131. The minimum atomic E-state index is 0.252. The lowest BCUT2D eigenvalue weighted by Gasteiger charge is -2.21. The zero-order valence-corrected chi connectivity index (χ0v) is 9.67. The first-order valence-corrected chi connectivity index (χ1v) is 5.99. The fourth-order valence-electron chi connectivity index (χ4n) is 2.26. The minimum absolute atomic E-state index is 0.252. The third kappa shape index (κ3) is 3.95. The van der Waals surface area contributed by atoms with Crippen LogP contribution in [0.15, 0.2) is 0 Å². The molecule has 2 nitrogen and oxygen atoms in total. The van der Waals surface area contributed by atoms with Crippen molar-refractivity contribution >= 4 is 5.91 Å². The third-order valence-corrected chi connectivity index (χ3v) is 3.07.